The van der Waals surface area contributed by atoms with Gasteiger partial charge < -0.3 is 10.6 Å². The van der Waals surface area contributed by atoms with Crippen molar-refractivity contribution in [2.24, 2.45) is 13.0 Å². The summed E-state index contributed by atoms with van der Waals surface area (Å²) < 4.78 is 28.3. The summed E-state index contributed by atoms with van der Waals surface area (Å²) in [5, 5.41) is 15.5. The van der Waals surface area contributed by atoms with E-state index in [4.69, 9.17) is 0 Å². The smallest absolute Gasteiger partial charge is 0.333 e. The lowest BCUT2D eigenvalue weighted by Crippen LogP contribution is -2.20. The number of nitrogens with one attached hydrogen (secondary N) is 2. The average molecular weight is 427 g/mol. The number of hydrogen-bond acceptors (Lipinski definition) is 7. The van der Waals surface area contributed by atoms with E-state index in [9.17, 15) is 8.78 Å². The molecule has 11 heteroatoms. The summed E-state index contributed by atoms with van der Waals surface area (Å²) in [5.41, 5.74) is 2.25. The van der Waals surface area contributed by atoms with Crippen molar-refractivity contribution in [2.75, 3.05) is 17.7 Å². The maximum atomic E-state index is 13.0. The second-order valence-electron chi connectivity index (χ2n) is 7.46. The minimum absolute atomic E-state index is 0.0464. The van der Waals surface area contributed by atoms with Crippen molar-refractivity contribution in [1.29, 1.82) is 0 Å². The molecular formula is C20H23F2N9. The fourth-order valence-corrected chi connectivity index (χ4v) is 3.31. The van der Waals surface area contributed by atoms with Crippen LogP contribution in [-0.2, 0) is 7.05 Å². The van der Waals surface area contributed by atoms with Crippen LogP contribution >= 0.6 is 0 Å². The summed E-state index contributed by atoms with van der Waals surface area (Å²) in [7, 11) is 3.59. The molecule has 3 aromatic heterocycles. The summed E-state index contributed by atoms with van der Waals surface area (Å²) in [6.45, 7) is 1.25. The average Bonchev–Trinajstić information content (AvgIpc) is 3.39. The van der Waals surface area contributed by atoms with Gasteiger partial charge in [0, 0.05) is 31.2 Å². The molecule has 1 atom stereocenters. The molecule has 1 aromatic carbocycles. The number of rotatable bonds is 7. The van der Waals surface area contributed by atoms with Crippen molar-refractivity contribution >= 4 is 22.8 Å². The van der Waals surface area contributed by atoms with E-state index in [0.29, 0.717) is 28.1 Å². The summed E-state index contributed by atoms with van der Waals surface area (Å²) in [4.78, 5) is 13.4. The van der Waals surface area contributed by atoms with Gasteiger partial charge in [-0.1, -0.05) is 26.0 Å². The van der Waals surface area contributed by atoms with Crippen molar-refractivity contribution in [1.82, 2.24) is 34.5 Å². The molecule has 162 valence electrons. The molecule has 0 aliphatic carbocycles. The van der Waals surface area contributed by atoms with E-state index >= 15 is 0 Å². The molecule has 0 radical (unpaired) electrons. The Morgan fingerprint density at radius 1 is 1.03 bits per heavy atom. The molecule has 4 rings (SSSR count). The van der Waals surface area contributed by atoms with Gasteiger partial charge in [-0.3, -0.25) is 4.68 Å². The molecule has 0 amide bonds. The van der Waals surface area contributed by atoms with Crippen LogP contribution in [0.1, 0.15) is 32.1 Å². The topological polar surface area (TPSA) is 98.4 Å². The molecule has 31 heavy (non-hydrogen) atoms. The molecule has 0 spiro atoms. The monoisotopic (exact) mass is 427 g/mol. The Kier molecular flexibility index (Phi) is 5.49. The third kappa shape index (κ3) is 4.16. The Hall–Kier alpha value is -3.63. The van der Waals surface area contributed by atoms with E-state index in [-0.39, 0.29) is 12.0 Å². The maximum Gasteiger partial charge on any atom is 0.333 e. The zero-order valence-corrected chi connectivity index (χ0v) is 17.6. The lowest BCUT2D eigenvalue weighted by atomic mass is 10.0. The molecule has 2 N–H and O–H groups in total. The van der Waals surface area contributed by atoms with Crippen LogP contribution in [0.2, 0.25) is 0 Å². The highest BCUT2D eigenvalue weighted by atomic mass is 19.3. The molecule has 4 aromatic rings. The Bertz CT molecular complexity index is 1200. The maximum absolute atomic E-state index is 13.0. The molecule has 0 saturated heterocycles. The molecule has 3 heterocycles. The van der Waals surface area contributed by atoms with Gasteiger partial charge >= 0.3 is 6.55 Å². The van der Waals surface area contributed by atoms with Gasteiger partial charge in [-0.05, 0) is 18.1 Å². The summed E-state index contributed by atoms with van der Waals surface area (Å²) >= 11 is 0. The SMILES string of the molecule is CNc1nc(NC(c2ccn(C(F)F)n2)C(C)C)nc(-c2ccc3cnn(C)c3c2)n1. The highest BCUT2D eigenvalue weighted by molar-refractivity contribution is 5.83. The number of aryl methyl sites for hydroxylation is 1. The number of hydrogen-bond donors (Lipinski definition) is 2. The molecule has 0 aliphatic heterocycles. The van der Waals surface area contributed by atoms with Gasteiger partial charge in [0.2, 0.25) is 11.9 Å². The molecular weight excluding hydrogens is 404 g/mol. The van der Waals surface area contributed by atoms with Crippen molar-refractivity contribution in [3.63, 3.8) is 0 Å². The molecule has 0 bridgehead atoms. The Morgan fingerprint density at radius 3 is 2.48 bits per heavy atom. The predicted molar refractivity (Wildman–Crippen MR) is 114 cm³/mol. The largest absolute Gasteiger partial charge is 0.357 e. The third-order valence-electron chi connectivity index (χ3n) is 4.97. The van der Waals surface area contributed by atoms with Gasteiger partial charge in [0.15, 0.2) is 5.82 Å². The van der Waals surface area contributed by atoms with E-state index in [1.54, 1.807) is 24.0 Å². The van der Waals surface area contributed by atoms with Gasteiger partial charge in [0.25, 0.3) is 0 Å². The van der Waals surface area contributed by atoms with Gasteiger partial charge in [-0.25, -0.2) is 4.68 Å². The normalized spacial score (nSPS) is 12.6. The molecule has 0 aliphatic rings. The standard InChI is InChI=1S/C20H23F2N9/c1-11(2)16(14-7-8-31(29-14)18(21)22)25-20-27-17(26-19(23-3)28-20)12-5-6-13-10-24-30(4)15(13)9-12/h5-11,16,18H,1-4H3,(H2,23,25,26,27,28). The zero-order valence-electron chi connectivity index (χ0n) is 17.6. The van der Waals surface area contributed by atoms with Crippen LogP contribution in [0.3, 0.4) is 0 Å². The molecule has 0 saturated carbocycles. The first-order valence-corrected chi connectivity index (χ1v) is 9.81. The molecule has 9 nitrogen and oxygen atoms in total. The third-order valence-corrected chi connectivity index (χ3v) is 4.97. The van der Waals surface area contributed by atoms with Gasteiger partial charge in [-0.15, -0.1) is 0 Å². The fourth-order valence-electron chi connectivity index (χ4n) is 3.31. The highest BCUT2D eigenvalue weighted by Crippen LogP contribution is 2.27. The summed E-state index contributed by atoms with van der Waals surface area (Å²) in [5.74, 6) is 1.23. The van der Waals surface area contributed by atoms with Crippen LogP contribution in [0, 0.1) is 5.92 Å². The lowest BCUT2D eigenvalue weighted by molar-refractivity contribution is 0.0559. The van der Waals surface area contributed by atoms with Crippen molar-refractivity contribution in [2.45, 2.75) is 26.4 Å². The number of benzene rings is 1. The van der Waals surface area contributed by atoms with Crippen molar-refractivity contribution < 1.29 is 8.78 Å². The molecule has 1 unspecified atom stereocenters. The highest BCUT2D eigenvalue weighted by Gasteiger charge is 2.22. The van der Waals surface area contributed by atoms with Gasteiger partial charge in [0.05, 0.1) is 23.4 Å². The number of anilines is 2. The fraction of sp³-hybridized carbons (Fsp3) is 0.350. The van der Waals surface area contributed by atoms with Crippen LogP contribution in [-0.4, -0.2) is 41.6 Å². The van der Waals surface area contributed by atoms with Crippen LogP contribution < -0.4 is 10.6 Å². The van der Waals surface area contributed by atoms with Gasteiger partial charge in [-0.2, -0.15) is 33.9 Å². The van der Waals surface area contributed by atoms with Crippen molar-refractivity contribution in [3.8, 4) is 11.4 Å². The Labute approximate surface area is 177 Å². The Balaban J connectivity index is 1.70. The van der Waals surface area contributed by atoms with E-state index in [0.717, 1.165) is 16.5 Å². The van der Waals surface area contributed by atoms with E-state index < -0.39 is 6.55 Å². The lowest BCUT2D eigenvalue weighted by Gasteiger charge is -2.21. The number of alkyl halides is 2. The summed E-state index contributed by atoms with van der Waals surface area (Å²) in [6.07, 6.45) is 3.06. The van der Waals surface area contributed by atoms with Crippen molar-refractivity contribution in [3.05, 3.63) is 42.4 Å². The van der Waals surface area contributed by atoms with Crippen LogP contribution in [0.5, 0.6) is 0 Å². The number of aromatic nitrogens is 7. The van der Waals surface area contributed by atoms with E-state index in [1.807, 2.05) is 39.1 Å². The quantitative estimate of drug-likeness (QED) is 0.462. The zero-order chi connectivity index (χ0) is 22.1. The first kappa shape index (κ1) is 20.6. The first-order chi connectivity index (χ1) is 14.9. The second-order valence-corrected chi connectivity index (χ2v) is 7.46. The second kappa shape index (κ2) is 8.25. The minimum atomic E-state index is -2.69. The van der Waals surface area contributed by atoms with E-state index in [1.165, 1.54) is 6.20 Å². The number of nitrogens with zero attached hydrogens (tertiary/aromatic N) is 7. The Morgan fingerprint density at radius 2 is 1.81 bits per heavy atom. The van der Waals surface area contributed by atoms with Crippen LogP contribution in [0.15, 0.2) is 36.7 Å². The number of fused-ring (bicyclic) bond motifs is 1. The van der Waals surface area contributed by atoms with Crippen LogP contribution in [0.4, 0.5) is 20.7 Å². The minimum Gasteiger partial charge on any atom is -0.357 e. The molecule has 0 fully saturated rings. The summed E-state index contributed by atoms with van der Waals surface area (Å²) in [6, 6.07) is 7.06. The number of halogens is 2. The van der Waals surface area contributed by atoms with E-state index in [2.05, 4.69) is 35.8 Å². The first-order valence-electron chi connectivity index (χ1n) is 9.81. The van der Waals surface area contributed by atoms with Crippen LogP contribution in [0.25, 0.3) is 22.3 Å². The predicted octanol–water partition coefficient (Wildman–Crippen LogP) is 3.87. The van der Waals surface area contributed by atoms with Gasteiger partial charge in [0.1, 0.15) is 0 Å².